The number of thiophene rings is 1. The number of ether oxygens (including phenoxy) is 2. The van der Waals surface area contributed by atoms with E-state index >= 15 is 0 Å². The van der Waals surface area contributed by atoms with Gasteiger partial charge in [0.15, 0.2) is 0 Å². The molecule has 0 saturated carbocycles. The third-order valence-electron chi connectivity index (χ3n) is 4.51. The summed E-state index contributed by atoms with van der Waals surface area (Å²) < 4.78 is 10.3. The Bertz CT molecular complexity index is 679. The summed E-state index contributed by atoms with van der Waals surface area (Å²) in [5.74, 6) is -1.98. The Kier molecular flexibility index (Phi) is 5.70. The normalized spacial score (nSPS) is 19.2. The molecule has 0 unspecified atom stereocenters. The lowest BCUT2D eigenvalue weighted by molar-refractivity contribution is -0.136. The van der Waals surface area contributed by atoms with Gasteiger partial charge in [-0.1, -0.05) is 0 Å². The number of carbonyl (C=O) groups excluding carboxylic acids is 3. The first kappa shape index (κ1) is 17.9. The lowest BCUT2D eigenvalue weighted by Gasteiger charge is -2.12. The first-order chi connectivity index (χ1) is 12.1. The number of carbonyl (C=O) groups is 3. The Labute approximate surface area is 150 Å². The van der Waals surface area contributed by atoms with Crippen LogP contribution in [0.5, 0.6) is 0 Å². The molecule has 3 rings (SSSR count). The average molecular weight is 366 g/mol. The number of esters is 1. The summed E-state index contributed by atoms with van der Waals surface area (Å²) in [7, 11) is 1.31. The zero-order valence-electron chi connectivity index (χ0n) is 14.2. The minimum Gasteiger partial charge on any atom is -0.465 e. The molecule has 1 aromatic heterocycles. The number of anilines is 1. The molecule has 136 valence electrons. The molecule has 25 heavy (non-hydrogen) atoms. The van der Waals surface area contributed by atoms with Gasteiger partial charge in [-0.25, -0.2) is 4.79 Å². The molecule has 1 aromatic rings. The van der Waals surface area contributed by atoms with E-state index in [0.717, 1.165) is 49.0 Å². The Hall–Kier alpha value is -1.93. The average Bonchev–Trinajstić information content (AvgIpc) is 3.26. The maximum absolute atomic E-state index is 12.2. The number of hydrogen-bond acceptors (Lipinski definition) is 6. The van der Waals surface area contributed by atoms with Crippen molar-refractivity contribution in [1.29, 1.82) is 0 Å². The molecule has 2 amide bonds. The minimum atomic E-state index is -0.776. The lowest BCUT2D eigenvalue weighted by Crippen LogP contribution is -2.39. The number of hydrogen-bond donors (Lipinski definition) is 2. The second-order valence-corrected chi connectivity index (χ2v) is 7.31. The van der Waals surface area contributed by atoms with Crippen LogP contribution in [-0.2, 0) is 31.9 Å². The number of rotatable bonds is 4. The van der Waals surface area contributed by atoms with E-state index in [9.17, 15) is 14.4 Å². The molecule has 2 aliphatic rings. The topological polar surface area (TPSA) is 93.7 Å². The number of fused-ring (bicyclic) bond motifs is 1. The first-order valence-corrected chi connectivity index (χ1v) is 9.35. The van der Waals surface area contributed by atoms with E-state index in [0.29, 0.717) is 23.7 Å². The molecule has 1 aliphatic heterocycles. The van der Waals surface area contributed by atoms with Crippen LogP contribution in [0.1, 0.15) is 46.5 Å². The summed E-state index contributed by atoms with van der Waals surface area (Å²) in [6.07, 6.45) is 5.55. The van der Waals surface area contributed by atoms with Gasteiger partial charge in [0.1, 0.15) is 5.00 Å². The van der Waals surface area contributed by atoms with E-state index in [-0.39, 0.29) is 6.10 Å². The van der Waals surface area contributed by atoms with Gasteiger partial charge in [-0.2, -0.15) is 0 Å². The molecule has 1 saturated heterocycles. The third-order valence-corrected chi connectivity index (χ3v) is 5.72. The summed E-state index contributed by atoms with van der Waals surface area (Å²) in [6, 6.07) is 0. The summed E-state index contributed by atoms with van der Waals surface area (Å²) in [4.78, 5) is 37.4. The highest BCUT2D eigenvalue weighted by molar-refractivity contribution is 7.17. The molecule has 0 bridgehead atoms. The van der Waals surface area contributed by atoms with Crippen LogP contribution in [0.25, 0.3) is 0 Å². The van der Waals surface area contributed by atoms with Gasteiger partial charge in [-0.15, -0.1) is 11.3 Å². The van der Waals surface area contributed by atoms with E-state index in [1.54, 1.807) is 0 Å². The van der Waals surface area contributed by atoms with E-state index in [2.05, 4.69) is 10.6 Å². The van der Waals surface area contributed by atoms with Crippen LogP contribution in [0.2, 0.25) is 0 Å². The Morgan fingerprint density at radius 3 is 2.72 bits per heavy atom. The SMILES string of the molecule is COC(=O)c1c(NC(=O)C(=O)NC[C@@H]2CCCO2)sc2c1CCCC2. The highest BCUT2D eigenvalue weighted by atomic mass is 32.1. The smallest absolute Gasteiger partial charge is 0.341 e. The van der Waals surface area contributed by atoms with E-state index in [1.807, 2.05) is 0 Å². The van der Waals surface area contributed by atoms with Gasteiger partial charge < -0.3 is 20.1 Å². The van der Waals surface area contributed by atoms with E-state index in [1.165, 1.54) is 18.4 Å². The van der Waals surface area contributed by atoms with E-state index < -0.39 is 17.8 Å². The maximum atomic E-state index is 12.2. The van der Waals surface area contributed by atoms with Crippen LogP contribution in [0, 0.1) is 0 Å². The standard InChI is InChI=1S/C17H22N2O5S/c1-23-17(22)13-11-6-2-3-7-12(11)25-16(13)19-15(21)14(20)18-9-10-5-4-8-24-10/h10H,2-9H2,1H3,(H,18,20)(H,19,21)/t10-/m0/s1. The highest BCUT2D eigenvalue weighted by Crippen LogP contribution is 2.38. The Morgan fingerprint density at radius 1 is 1.20 bits per heavy atom. The molecule has 0 radical (unpaired) electrons. The Balaban J connectivity index is 1.68. The van der Waals surface area contributed by atoms with Crippen molar-refractivity contribution in [3.05, 3.63) is 16.0 Å². The number of nitrogens with one attached hydrogen (secondary N) is 2. The Morgan fingerprint density at radius 2 is 2.00 bits per heavy atom. The summed E-state index contributed by atoms with van der Waals surface area (Å²) >= 11 is 1.36. The van der Waals surface area contributed by atoms with Crippen molar-refractivity contribution in [2.24, 2.45) is 0 Å². The molecule has 1 atom stereocenters. The third kappa shape index (κ3) is 4.01. The van der Waals surface area contributed by atoms with Gasteiger partial charge in [0.05, 0.1) is 18.8 Å². The van der Waals surface area contributed by atoms with E-state index in [4.69, 9.17) is 9.47 Å². The fourth-order valence-electron chi connectivity index (χ4n) is 3.22. The van der Waals surface area contributed by atoms with Gasteiger partial charge in [0, 0.05) is 18.0 Å². The second-order valence-electron chi connectivity index (χ2n) is 6.21. The van der Waals surface area contributed by atoms with Gasteiger partial charge in [-0.3, -0.25) is 9.59 Å². The molecule has 1 fully saturated rings. The summed E-state index contributed by atoms with van der Waals surface area (Å²) in [5.41, 5.74) is 1.33. The zero-order chi connectivity index (χ0) is 17.8. The quantitative estimate of drug-likeness (QED) is 0.624. The fourth-order valence-corrected chi connectivity index (χ4v) is 4.50. The van der Waals surface area contributed by atoms with Crippen LogP contribution < -0.4 is 10.6 Å². The number of amides is 2. The van der Waals surface area contributed by atoms with Crippen molar-refractivity contribution in [1.82, 2.24) is 5.32 Å². The number of methoxy groups -OCH3 is 1. The number of aryl methyl sites for hydroxylation is 1. The molecule has 2 N–H and O–H groups in total. The van der Waals surface area contributed by atoms with Crippen molar-refractivity contribution in [3.8, 4) is 0 Å². The second kappa shape index (κ2) is 7.97. The lowest BCUT2D eigenvalue weighted by atomic mass is 9.95. The van der Waals surface area contributed by atoms with Crippen LogP contribution >= 0.6 is 11.3 Å². The summed E-state index contributed by atoms with van der Waals surface area (Å²) in [5, 5.41) is 5.56. The highest BCUT2D eigenvalue weighted by Gasteiger charge is 2.28. The van der Waals surface area contributed by atoms with Gasteiger partial charge in [-0.05, 0) is 44.1 Å². The summed E-state index contributed by atoms with van der Waals surface area (Å²) in [6.45, 7) is 1.01. The molecule has 7 nitrogen and oxygen atoms in total. The monoisotopic (exact) mass is 366 g/mol. The van der Waals surface area contributed by atoms with Crippen LogP contribution in [0.4, 0.5) is 5.00 Å². The molecule has 0 aromatic carbocycles. The van der Waals surface area contributed by atoms with Crippen molar-refractivity contribution in [2.75, 3.05) is 25.6 Å². The van der Waals surface area contributed by atoms with Gasteiger partial charge in [0.2, 0.25) is 0 Å². The molecule has 2 heterocycles. The van der Waals surface area contributed by atoms with Crippen molar-refractivity contribution < 1.29 is 23.9 Å². The van der Waals surface area contributed by atoms with Crippen LogP contribution in [-0.4, -0.2) is 44.1 Å². The van der Waals surface area contributed by atoms with Crippen LogP contribution in [0.15, 0.2) is 0 Å². The molecule has 1 aliphatic carbocycles. The molecule has 8 heteroatoms. The van der Waals surface area contributed by atoms with Crippen LogP contribution in [0.3, 0.4) is 0 Å². The van der Waals surface area contributed by atoms with Crippen molar-refractivity contribution in [3.63, 3.8) is 0 Å². The predicted molar refractivity (Wildman–Crippen MR) is 92.9 cm³/mol. The fraction of sp³-hybridized carbons (Fsp3) is 0.588. The minimum absolute atomic E-state index is 0.0311. The molecule has 0 spiro atoms. The maximum Gasteiger partial charge on any atom is 0.341 e. The van der Waals surface area contributed by atoms with Crippen molar-refractivity contribution in [2.45, 2.75) is 44.6 Å². The predicted octanol–water partition coefficient (Wildman–Crippen LogP) is 1.65. The van der Waals surface area contributed by atoms with Crippen molar-refractivity contribution >= 4 is 34.1 Å². The first-order valence-electron chi connectivity index (χ1n) is 8.53. The largest absolute Gasteiger partial charge is 0.465 e. The zero-order valence-corrected chi connectivity index (χ0v) is 15.0. The molecular weight excluding hydrogens is 344 g/mol. The molecular formula is C17H22N2O5S. The van der Waals surface area contributed by atoms with Gasteiger partial charge >= 0.3 is 17.8 Å². The van der Waals surface area contributed by atoms with Gasteiger partial charge in [0.25, 0.3) is 0 Å².